The Morgan fingerprint density at radius 3 is 2.19 bits per heavy atom. The van der Waals surface area contributed by atoms with Crippen molar-refractivity contribution in [3.8, 4) is 5.69 Å². The van der Waals surface area contributed by atoms with Gasteiger partial charge < -0.3 is 59.0 Å². The molecule has 6 rings (SSSR count). The summed E-state index contributed by atoms with van der Waals surface area (Å²) >= 11 is 0. The van der Waals surface area contributed by atoms with Crippen molar-refractivity contribution in [1.29, 1.82) is 0 Å². The monoisotopic (exact) mass is 1100 g/mol. The van der Waals surface area contributed by atoms with E-state index in [1.807, 2.05) is 75.4 Å². The number of likely N-dealkylation sites (N-methyl/N-ethyl adjacent to an activating group) is 2. The van der Waals surface area contributed by atoms with Crippen molar-refractivity contribution in [2.75, 3.05) is 47.4 Å². The second-order valence-corrected chi connectivity index (χ2v) is 24.2. The lowest BCUT2D eigenvalue weighted by atomic mass is 9.68. The number of aliphatic hydroxyl groups is 5. The zero-order chi connectivity index (χ0) is 57.4. The number of carbonyl (C=O) groups excluding carboxylic acids is 1. The van der Waals surface area contributed by atoms with Crippen LogP contribution < -0.4 is 0 Å². The molecule has 1 unspecified atom stereocenters. The second-order valence-electron chi connectivity index (χ2n) is 24.2. The molecule has 20 nitrogen and oxygen atoms in total. The second kappa shape index (κ2) is 27.5. The van der Waals surface area contributed by atoms with Crippen molar-refractivity contribution < 1.29 is 54.0 Å². The summed E-state index contributed by atoms with van der Waals surface area (Å²) in [6.07, 6.45) is 0.258. The lowest BCUT2D eigenvalue weighted by molar-refractivity contribution is -0.302. The van der Waals surface area contributed by atoms with Gasteiger partial charge in [-0.25, -0.2) is 4.68 Å². The summed E-state index contributed by atoms with van der Waals surface area (Å²) in [5, 5.41) is 77.9. The predicted molar refractivity (Wildman–Crippen MR) is 296 cm³/mol. The molecule has 78 heavy (non-hydrogen) atoms. The van der Waals surface area contributed by atoms with Crippen molar-refractivity contribution in [1.82, 2.24) is 44.7 Å². The van der Waals surface area contributed by atoms with Crippen LogP contribution in [0.1, 0.15) is 139 Å². The van der Waals surface area contributed by atoms with Gasteiger partial charge in [0.05, 0.1) is 64.8 Å². The molecule has 3 aliphatic heterocycles. The van der Waals surface area contributed by atoms with Crippen LogP contribution >= 0.6 is 0 Å². The number of carbonyl (C=O) groups is 1. The zero-order valence-corrected chi connectivity index (χ0v) is 49.7. The molecule has 5 N–H and O–H groups in total. The number of unbranched alkanes of at least 4 members (excludes halogenated alkanes) is 1. The van der Waals surface area contributed by atoms with Crippen LogP contribution in [0.2, 0.25) is 0 Å². The van der Waals surface area contributed by atoms with E-state index in [9.17, 15) is 30.3 Å². The standard InChI is InChI=1S/C58H99N9O11/c1-16-48-58(12,73)51(69)40(8)64(14)32-36(4)30-56(10,72)53(38(6)49(39(7)54(71)77-48)47-31-57(11,74-15)52(70)41(9)76-47)78-55-50(68)46(29-37(5)75-55)63(13)28-26-43-34-66(61-59-43)27-20-19-21-42-22-24-45(25-23-42)67-35-44(60-62-67)33-65(17-2)18-3/h22-25,34-41,46-53,55,68-70,72-73H,16-21,26-33H2,1-15H3/t36-,37-,38+,39-,40-,41+,46+,47-,48-,49?,50-,51-,52+,53-,55+,56-,57-,58-/m1/s1. The van der Waals surface area contributed by atoms with Crippen LogP contribution in [0, 0.1) is 23.7 Å². The van der Waals surface area contributed by atoms with Crippen LogP contribution in [-0.2, 0) is 54.4 Å². The van der Waals surface area contributed by atoms with E-state index in [1.165, 1.54) is 12.5 Å². The smallest absolute Gasteiger partial charge is 0.309 e. The highest BCUT2D eigenvalue weighted by molar-refractivity contribution is 5.73. The Hall–Kier alpha value is -3.51. The van der Waals surface area contributed by atoms with Crippen molar-refractivity contribution in [2.45, 2.75) is 232 Å². The van der Waals surface area contributed by atoms with Gasteiger partial charge >= 0.3 is 5.97 Å². The molecule has 0 radical (unpaired) electrons. The number of ether oxygens (including phenoxy) is 5. The molecule has 0 saturated carbocycles. The molecule has 0 spiro atoms. The fraction of sp³-hybridized carbons (Fsp3) is 0.810. The third kappa shape index (κ3) is 15.3. The molecule has 5 heterocycles. The number of hydrogen-bond acceptors (Lipinski definition) is 18. The minimum Gasteiger partial charge on any atom is -0.459 e. The van der Waals surface area contributed by atoms with E-state index in [-0.39, 0.29) is 37.3 Å². The number of nitrogens with zero attached hydrogens (tertiary/aromatic N) is 9. The van der Waals surface area contributed by atoms with Gasteiger partial charge in [0.25, 0.3) is 0 Å². The lowest BCUT2D eigenvalue weighted by Crippen LogP contribution is -2.62. The third-order valence-electron chi connectivity index (χ3n) is 17.9. The average molecular weight is 1100 g/mol. The van der Waals surface area contributed by atoms with E-state index < -0.39 is 95.6 Å². The van der Waals surface area contributed by atoms with Crippen molar-refractivity contribution in [3.63, 3.8) is 0 Å². The molecule has 0 bridgehead atoms. The normalized spacial score (nSPS) is 37.1. The number of esters is 1. The summed E-state index contributed by atoms with van der Waals surface area (Å²) in [5.41, 5.74) is -0.387. The van der Waals surface area contributed by atoms with Gasteiger partial charge in [0, 0.05) is 70.3 Å². The Balaban J connectivity index is 1.15. The molecular weight excluding hydrogens is 999 g/mol. The molecule has 442 valence electrons. The quantitative estimate of drug-likeness (QED) is 0.0799. The summed E-state index contributed by atoms with van der Waals surface area (Å²) in [7, 11) is 5.38. The largest absolute Gasteiger partial charge is 0.459 e. The van der Waals surface area contributed by atoms with Crippen molar-refractivity contribution >= 4 is 5.97 Å². The molecule has 18 atom stereocenters. The summed E-state index contributed by atoms with van der Waals surface area (Å²) < 4.78 is 36.1. The molecular formula is C58H99N9O11. The molecule has 3 aromatic rings. The maximum absolute atomic E-state index is 14.7. The Morgan fingerprint density at radius 2 is 1.54 bits per heavy atom. The Kier molecular flexibility index (Phi) is 22.5. The third-order valence-corrected chi connectivity index (χ3v) is 17.9. The number of aliphatic hydroxyl groups excluding tert-OH is 3. The highest BCUT2D eigenvalue weighted by atomic mass is 16.7. The minimum absolute atomic E-state index is 0.165. The zero-order valence-electron chi connectivity index (χ0n) is 49.7. The van der Waals surface area contributed by atoms with Crippen LogP contribution in [0.4, 0.5) is 0 Å². The maximum atomic E-state index is 14.7. The first-order valence-electron chi connectivity index (χ1n) is 29.0. The summed E-state index contributed by atoms with van der Waals surface area (Å²) in [6.45, 7) is 26.9. The van der Waals surface area contributed by atoms with E-state index in [4.69, 9.17) is 23.7 Å². The van der Waals surface area contributed by atoms with Gasteiger partial charge in [0.1, 0.15) is 30.0 Å². The molecule has 3 fully saturated rings. The molecule has 0 amide bonds. The molecule has 3 saturated heterocycles. The van der Waals surface area contributed by atoms with Gasteiger partial charge in [-0.05, 0) is 137 Å². The van der Waals surface area contributed by atoms with Crippen LogP contribution in [0.15, 0.2) is 36.7 Å². The molecule has 2 aromatic heterocycles. The summed E-state index contributed by atoms with van der Waals surface area (Å²) in [5.74, 6) is -3.10. The van der Waals surface area contributed by atoms with Crippen LogP contribution in [0.25, 0.3) is 5.69 Å². The SMILES string of the molecule is CC[C@H]1OC(=O)[C@H](C)C([C@H]2C[C@@](C)(OC)[C@@H](O)[C@H](C)O2)[C@H](C)[C@@H](O[C@@H]2O[C@H](C)C[C@H](N(C)CCc3cn(CCCCc4ccc(-n5cc(CN(CC)CC)nn5)cc4)nn3)[C@H]2O)[C@](C)(O)C[C@@H](C)CN(C)[C@H](C)[C@@H](O)[C@]1(C)O. The van der Waals surface area contributed by atoms with E-state index in [1.54, 1.807) is 34.8 Å². The number of cyclic esters (lactones) is 1. The first kappa shape index (κ1) is 63.7. The summed E-state index contributed by atoms with van der Waals surface area (Å²) in [4.78, 5) is 21.0. The van der Waals surface area contributed by atoms with Crippen LogP contribution in [-0.4, -0.2) is 208 Å². The highest BCUT2D eigenvalue weighted by Crippen LogP contribution is 2.45. The van der Waals surface area contributed by atoms with Crippen molar-refractivity contribution in [3.05, 3.63) is 53.6 Å². The first-order chi connectivity index (χ1) is 36.8. The van der Waals surface area contributed by atoms with Gasteiger partial charge in [0.15, 0.2) is 6.29 Å². The van der Waals surface area contributed by atoms with Gasteiger partial charge in [-0.1, -0.05) is 64.1 Å². The number of benzene rings is 1. The number of aryl methyl sites for hydroxylation is 2. The number of aromatic nitrogens is 6. The van der Waals surface area contributed by atoms with Gasteiger partial charge in [-0.15, -0.1) is 10.2 Å². The molecule has 20 heteroatoms. The topological polar surface area (TPSA) is 236 Å². The molecule has 1 aromatic carbocycles. The average Bonchev–Trinajstić information content (AvgIpc) is 4.15. The molecule has 0 aliphatic carbocycles. The Labute approximate surface area is 465 Å². The van der Waals surface area contributed by atoms with E-state index >= 15 is 0 Å². The fourth-order valence-electron chi connectivity index (χ4n) is 12.8. The summed E-state index contributed by atoms with van der Waals surface area (Å²) in [6, 6.07) is 7.55. The Bertz CT molecular complexity index is 2300. The molecule has 3 aliphatic rings. The van der Waals surface area contributed by atoms with E-state index in [0.717, 1.165) is 62.5 Å². The van der Waals surface area contributed by atoms with Crippen molar-refractivity contribution in [2.24, 2.45) is 23.7 Å². The van der Waals surface area contributed by atoms with E-state index in [2.05, 4.69) is 68.5 Å². The van der Waals surface area contributed by atoms with Gasteiger partial charge in [0.2, 0.25) is 0 Å². The minimum atomic E-state index is -1.81. The first-order valence-corrected chi connectivity index (χ1v) is 29.0. The lowest BCUT2D eigenvalue weighted by Gasteiger charge is -2.51. The number of hydrogen-bond donors (Lipinski definition) is 5. The van der Waals surface area contributed by atoms with E-state index in [0.29, 0.717) is 25.9 Å². The maximum Gasteiger partial charge on any atom is 0.309 e. The number of rotatable bonds is 19. The van der Waals surface area contributed by atoms with Crippen LogP contribution in [0.5, 0.6) is 0 Å². The fourth-order valence-corrected chi connectivity index (χ4v) is 12.8. The predicted octanol–water partition coefficient (Wildman–Crippen LogP) is 4.82. The highest BCUT2D eigenvalue weighted by Gasteiger charge is 2.55. The Morgan fingerprint density at radius 1 is 0.859 bits per heavy atom. The van der Waals surface area contributed by atoms with Gasteiger partial charge in [-0.2, -0.15) is 0 Å². The van der Waals surface area contributed by atoms with Crippen LogP contribution in [0.3, 0.4) is 0 Å². The van der Waals surface area contributed by atoms with Gasteiger partial charge in [-0.3, -0.25) is 14.4 Å². The number of methoxy groups -OCH3 is 1.